The quantitative estimate of drug-likeness (QED) is 0.862. The first-order valence-corrected chi connectivity index (χ1v) is 5.70. The van der Waals surface area contributed by atoms with Crippen LogP contribution in [0.3, 0.4) is 0 Å². The number of aromatic amines is 1. The minimum atomic E-state index is -0.332. The number of esters is 1. The predicted octanol–water partition coefficient (Wildman–Crippen LogP) is 2.89. The van der Waals surface area contributed by atoms with Crippen LogP contribution in [0.4, 0.5) is 0 Å². The summed E-state index contributed by atoms with van der Waals surface area (Å²) in [5, 5.41) is 0.764. The molecule has 1 N–H and O–H groups in total. The maximum atomic E-state index is 11.8. The fourth-order valence-corrected chi connectivity index (χ4v) is 1.90. The number of rotatable bonds is 2. The molecule has 2 heterocycles. The highest BCUT2D eigenvalue weighted by molar-refractivity contribution is 9.10. The SMILES string of the molecule is CC(C)OC(=O)c1c[nH]c2c(Br)cncc12. The van der Waals surface area contributed by atoms with Crippen molar-refractivity contribution in [2.45, 2.75) is 20.0 Å². The highest BCUT2D eigenvalue weighted by Gasteiger charge is 2.15. The Morgan fingerprint density at radius 1 is 1.50 bits per heavy atom. The normalized spacial score (nSPS) is 11.0. The van der Waals surface area contributed by atoms with Gasteiger partial charge in [0.25, 0.3) is 0 Å². The van der Waals surface area contributed by atoms with Gasteiger partial charge in [-0.3, -0.25) is 4.98 Å². The smallest absolute Gasteiger partial charge is 0.340 e. The molecule has 0 saturated heterocycles. The Kier molecular flexibility index (Phi) is 2.96. The largest absolute Gasteiger partial charge is 0.459 e. The van der Waals surface area contributed by atoms with Gasteiger partial charge in [0.2, 0.25) is 0 Å². The molecule has 2 aromatic heterocycles. The molecular weight excluding hydrogens is 272 g/mol. The molecule has 0 aromatic carbocycles. The van der Waals surface area contributed by atoms with Crippen LogP contribution in [0.15, 0.2) is 23.1 Å². The van der Waals surface area contributed by atoms with Gasteiger partial charge in [0.1, 0.15) is 0 Å². The van der Waals surface area contributed by atoms with E-state index in [-0.39, 0.29) is 12.1 Å². The number of hydrogen-bond acceptors (Lipinski definition) is 3. The molecule has 2 rings (SSSR count). The third-order valence-electron chi connectivity index (χ3n) is 2.11. The second kappa shape index (κ2) is 4.25. The first-order valence-electron chi connectivity index (χ1n) is 4.91. The Morgan fingerprint density at radius 2 is 2.25 bits per heavy atom. The van der Waals surface area contributed by atoms with E-state index in [0.29, 0.717) is 5.56 Å². The Labute approximate surface area is 101 Å². The van der Waals surface area contributed by atoms with E-state index in [1.807, 2.05) is 13.8 Å². The van der Waals surface area contributed by atoms with Crippen LogP contribution in [-0.2, 0) is 4.74 Å². The van der Waals surface area contributed by atoms with Crippen molar-refractivity contribution in [3.63, 3.8) is 0 Å². The highest BCUT2D eigenvalue weighted by Crippen LogP contribution is 2.24. The summed E-state index contributed by atoms with van der Waals surface area (Å²) < 4.78 is 5.97. The lowest BCUT2D eigenvalue weighted by atomic mass is 10.2. The van der Waals surface area contributed by atoms with Crippen molar-refractivity contribution in [3.8, 4) is 0 Å². The summed E-state index contributed by atoms with van der Waals surface area (Å²) in [6, 6.07) is 0. The molecule has 0 aliphatic heterocycles. The summed E-state index contributed by atoms with van der Waals surface area (Å²) in [7, 11) is 0. The topological polar surface area (TPSA) is 55.0 Å². The number of carbonyl (C=O) groups is 1. The third kappa shape index (κ3) is 1.95. The van der Waals surface area contributed by atoms with Crippen LogP contribution in [0, 0.1) is 0 Å². The lowest BCUT2D eigenvalue weighted by molar-refractivity contribution is 0.0380. The van der Waals surface area contributed by atoms with E-state index in [1.54, 1.807) is 18.6 Å². The van der Waals surface area contributed by atoms with Gasteiger partial charge in [-0.1, -0.05) is 0 Å². The lowest BCUT2D eigenvalue weighted by Crippen LogP contribution is -2.11. The molecule has 0 radical (unpaired) electrons. The van der Waals surface area contributed by atoms with E-state index in [0.717, 1.165) is 15.4 Å². The predicted molar refractivity (Wildman–Crippen MR) is 64.3 cm³/mol. The van der Waals surface area contributed by atoms with Crippen molar-refractivity contribution in [1.29, 1.82) is 0 Å². The number of carbonyl (C=O) groups excluding carboxylic acids is 1. The van der Waals surface area contributed by atoms with Crippen molar-refractivity contribution >= 4 is 32.8 Å². The molecule has 0 saturated carbocycles. The molecule has 84 valence electrons. The summed E-state index contributed by atoms with van der Waals surface area (Å²) in [4.78, 5) is 18.8. The molecule has 0 fully saturated rings. The minimum Gasteiger partial charge on any atom is -0.459 e. The molecule has 0 aliphatic carbocycles. The molecular formula is C11H11BrN2O2. The molecule has 0 bridgehead atoms. The van der Waals surface area contributed by atoms with Gasteiger partial charge in [-0.05, 0) is 29.8 Å². The number of nitrogens with zero attached hydrogens (tertiary/aromatic N) is 1. The van der Waals surface area contributed by atoms with Gasteiger partial charge in [-0.25, -0.2) is 4.79 Å². The average Bonchev–Trinajstić information content (AvgIpc) is 2.61. The first kappa shape index (κ1) is 11.1. The van der Waals surface area contributed by atoms with E-state index in [1.165, 1.54) is 0 Å². The van der Waals surface area contributed by atoms with Crippen molar-refractivity contribution in [2.75, 3.05) is 0 Å². The van der Waals surface area contributed by atoms with Gasteiger partial charge < -0.3 is 9.72 Å². The summed E-state index contributed by atoms with van der Waals surface area (Å²) in [5.41, 5.74) is 1.36. The van der Waals surface area contributed by atoms with Crippen molar-refractivity contribution in [1.82, 2.24) is 9.97 Å². The Bertz CT molecular complexity index is 534. The second-order valence-electron chi connectivity index (χ2n) is 3.70. The summed E-state index contributed by atoms with van der Waals surface area (Å²) in [6.45, 7) is 3.64. The van der Waals surface area contributed by atoms with Crippen LogP contribution in [0.2, 0.25) is 0 Å². The zero-order valence-electron chi connectivity index (χ0n) is 8.95. The van der Waals surface area contributed by atoms with Crippen LogP contribution in [0.5, 0.6) is 0 Å². The van der Waals surface area contributed by atoms with Gasteiger partial charge in [0.15, 0.2) is 0 Å². The van der Waals surface area contributed by atoms with Gasteiger partial charge in [0, 0.05) is 24.0 Å². The zero-order valence-corrected chi connectivity index (χ0v) is 10.5. The van der Waals surface area contributed by atoms with Crippen molar-refractivity contribution in [3.05, 3.63) is 28.6 Å². The lowest BCUT2D eigenvalue weighted by Gasteiger charge is -2.06. The van der Waals surface area contributed by atoms with Crippen LogP contribution in [-0.4, -0.2) is 22.0 Å². The van der Waals surface area contributed by atoms with Crippen molar-refractivity contribution in [2.24, 2.45) is 0 Å². The minimum absolute atomic E-state index is 0.127. The monoisotopic (exact) mass is 282 g/mol. The summed E-state index contributed by atoms with van der Waals surface area (Å²) in [5.74, 6) is -0.332. The zero-order chi connectivity index (χ0) is 11.7. The molecule has 2 aromatic rings. The molecule has 0 aliphatic rings. The number of nitrogens with one attached hydrogen (secondary N) is 1. The van der Waals surface area contributed by atoms with Gasteiger partial charge in [-0.2, -0.15) is 0 Å². The average molecular weight is 283 g/mol. The molecule has 4 nitrogen and oxygen atoms in total. The molecule has 16 heavy (non-hydrogen) atoms. The number of pyridine rings is 1. The van der Waals surface area contributed by atoms with Gasteiger partial charge >= 0.3 is 5.97 Å². The molecule has 0 unspecified atom stereocenters. The Hall–Kier alpha value is -1.36. The van der Waals surface area contributed by atoms with Crippen LogP contribution >= 0.6 is 15.9 Å². The van der Waals surface area contributed by atoms with E-state index in [2.05, 4.69) is 25.9 Å². The van der Waals surface area contributed by atoms with E-state index >= 15 is 0 Å². The maximum Gasteiger partial charge on any atom is 0.340 e. The number of fused-ring (bicyclic) bond motifs is 1. The number of ether oxygens (including phenoxy) is 1. The van der Waals surface area contributed by atoms with E-state index in [4.69, 9.17) is 4.74 Å². The maximum absolute atomic E-state index is 11.8. The van der Waals surface area contributed by atoms with Gasteiger partial charge in [-0.15, -0.1) is 0 Å². The number of hydrogen-bond donors (Lipinski definition) is 1. The van der Waals surface area contributed by atoms with Crippen LogP contribution < -0.4 is 0 Å². The summed E-state index contributed by atoms with van der Waals surface area (Å²) >= 11 is 3.36. The summed E-state index contributed by atoms with van der Waals surface area (Å²) in [6.07, 6.45) is 4.84. The fraction of sp³-hybridized carbons (Fsp3) is 0.273. The Morgan fingerprint density at radius 3 is 2.94 bits per heavy atom. The number of aromatic nitrogens is 2. The number of halogens is 1. The fourth-order valence-electron chi connectivity index (χ4n) is 1.45. The number of H-pyrrole nitrogens is 1. The molecule has 0 atom stereocenters. The van der Waals surface area contributed by atoms with Crippen LogP contribution in [0.1, 0.15) is 24.2 Å². The Balaban J connectivity index is 2.46. The van der Waals surface area contributed by atoms with E-state index in [9.17, 15) is 4.79 Å². The van der Waals surface area contributed by atoms with Crippen LogP contribution in [0.25, 0.3) is 10.9 Å². The highest BCUT2D eigenvalue weighted by atomic mass is 79.9. The molecule has 0 spiro atoms. The second-order valence-corrected chi connectivity index (χ2v) is 4.55. The van der Waals surface area contributed by atoms with E-state index < -0.39 is 0 Å². The first-order chi connectivity index (χ1) is 7.59. The molecule has 5 heteroatoms. The standard InChI is InChI=1S/C11H11BrN2O2/c1-6(2)16-11(15)8-4-14-10-7(8)3-13-5-9(10)12/h3-6,14H,1-2H3. The van der Waals surface area contributed by atoms with Crippen molar-refractivity contribution < 1.29 is 9.53 Å². The molecule has 0 amide bonds. The van der Waals surface area contributed by atoms with Gasteiger partial charge in [0.05, 0.1) is 21.7 Å². The third-order valence-corrected chi connectivity index (χ3v) is 2.71.